The number of rotatable bonds is 5. The minimum atomic E-state index is -0.115. The second-order valence-corrected chi connectivity index (χ2v) is 5.61. The van der Waals surface area contributed by atoms with Gasteiger partial charge in [-0.15, -0.1) is 10.2 Å². The number of anilines is 1. The van der Waals surface area contributed by atoms with Crippen molar-refractivity contribution in [2.45, 2.75) is 46.0 Å². The van der Waals surface area contributed by atoms with Crippen LogP contribution >= 0.6 is 11.3 Å². The van der Waals surface area contributed by atoms with E-state index in [1.165, 1.54) is 11.3 Å². The van der Waals surface area contributed by atoms with E-state index >= 15 is 0 Å². The minimum absolute atomic E-state index is 0.115. The van der Waals surface area contributed by atoms with Crippen LogP contribution in [0.25, 0.3) is 0 Å². The predicted molar refractivity (Wildman–Crippen MR) is 75.0 cm³/mol. The fourth-order valence-electron chi connectivity index (χ4n) is 1.92. The SMILES string of the molecule is CCCCc1nnc(NC(=O)C2=C(C)OCCC2)s1. The van der Waals surface area contributed by atoms with Gasteiger partial charge in [0.1, 0.15) is 10.8 Å². The molecule has 2 rings (SSSR count). The van der Waals surface area contributed by atoms with Crippen molar-refractivity contribution in [3.8, 4) is 0 Å². The highest BCUT2D eigenvalue weighted by atomic mass is 32.1. The van der Waals surface area contributed by atoms with E-state index < -0.39 is 0 Å². The fraction of sp³-hybridized carbons (Fsp3) is 0.615. The van der Waals surface area contributed by atoms with Gasteiger partial charge >= 0.3 is 0 Å². The Morgan fingerprint density at radius 1 is 1.47 bits per heavy atom. The number of hydrogen-bond donors (Lipinski definition) is 1. The van der Waals surface area contributed by atoms with Crippen LogP contribution in [0.1, 0.15) is 44.5 Å². The van der Waals surface area contributed by atoms with Gasteiger partial charge in [-0.05, 0) is 26.2 Å². The lowest BCUT2D eigenvalue weighted by Crippen LogP contribution is -2.19. The number of amides is 1. The molecule has 1 aliphatic heterocycles. The highest BCUT2D eigenvalue weighted by Crippen LogP contribution is 2.22. The fourth-order valence-corrected chi connectivity index (χ4v) is 2.69. The summed E-state index contributed by atoms with van der Waals surface area (Å²) in [5, 5.41) is 12.4. The Morgan fingerprint density at radius 3 is 3.05 bits per heavy atom. The molecule has 0 saturated carbocycles. The number of aryl methyl sites for hydroxylation is 1. The Morgan fingerprint density at radius 2 is 2.32 bits per heavy atom. The van der Waals surface area contributed by atoms with Crippen LogP contribution in [0.5, 0.6) is 0 Å². The summed E-state index contributed by atoms with van der Waals surface area (Å²) in [7, 11) is 0. The van der Waals surface area contributed by atoms with Crippen molar-refractivity contribution < 1.29 is 9.53 Å². The number of aromatic nitrogens is 2. The molecule has 0 fully saturated rings. The molecule has 19 heavy (non-hydrogen) atoms. The first kappa shape index (κ1) is 14.0. The van der Waals surface area contributed by atoms with Gasteiger partial charge in [-0.1, -0.05) is 24.7 Å². The third-order valence-corrected chi connectivity index (χ3v) is 3.92. The van der Waals surface area contributed by atoms with Crippen LogP contribution in [0, 0.1) is 0 Å². The number of unbranched alkanes of at least 4 members (excludes halogenated alkanes) is 1. The van der Waals surface area contributed by atoms with E-state index in [0.29, 0.717) is 11.7 Å². The zero-order valence-electron chi connectivity index (χ0n) is 11.4. The molecule has 2 heterocycles. The lowest BCUT2D eigenvalue weighted by Gasteiger charge is -2.17. The Bertz CT molecular complexity index is 482. The molecule has 6 heteroatoms. The molecule has 0 unspecified atom stereocenters. The number of carbonyl (C=O) groups excluding carboxylic acids is 1. The van der Waals surface area contributed by atoms with Gasteiger partial charge in [-0.3, -0.25) is 10.1 Å². The van der Waals surface area contributed by atoms with Crippen molar-refractivity contribution in [2.75, 3.05) is 11.9 Å². The molecule has 5 nitrogen and oxygen atoms in total. The maximum absolute atomic E-state index is 12.1. The highest BCUT2D eigenvalue weighted by molar-refractivity contribution is 7.15. The normalized spacial score (nSPS) is 15.3. The summed E-state index contributed by atoms with van der Waals surface area (Å²) in [4.78, 5) is 12.1. The van der Waals surface area contributed by atoms with Crippen LogP contribution in [0.4, 0.5) is 5.13 Å². The monoisotopic (exact) mass is 281 g/mol. The van der Waals surface area contributed by atoms with Crippen LogP contribution in [0.15, 0.2) is 11.3 Å². The van der Waals surface area contributed by atoms with Gasteiger partial charge < -0.3 is 4.74 Å². The quantitative estimate of drug-likeness (QED) is 0.901. The molecule has 104 valence electrons. The van der Waals surface area contributed by atoms with Crippen LogP contribution in [-0.4, -0.2) is 22.7 Å². The molecule has 1 aliphatic rings. The van der Waals surface area contributed by atoms with E-state index in [-0.39, 0.29) is 5.91 Å². The smallest absolute Gasteiger partial charge is 0.256 e. The lowest BCUT2D eigenvalue weighted by atomic mass is 10.1. The van der Waals surface area contributed by atoms with Gasteiger partial charge in [0, 0.05) is 6.42 Å². The summed E-state index contributed by atoms with van der Waals surface area (Å²) >= 11 is 1.45. The molecule has 1 aromatic heterocycles. The summed E-state index contributed by atoms with van der Waals surface area (Å²) in [6, 6.07) is 0. The Hall–Kier alpha value is -1.43. The average Bonchev–Trinajstić information content (AvgIpc) is 2.84. The maximum Gasteiger partial charge on any atom is 0.256 e. The van der Waals surface area contributed by atoms with Gasteiger partial charge in [0.2, 0.25) is 5.13 Å². The molecule has 1 amide bonds. The molecular formula is C13H19N3O2S. The largest absolute Gasteiger partial charge is 0.498 e. The molecule has 0 spiro atoms. The molecule has 0 atom stereocenters. The zero-order chi connectivity index (χ0) is 13.7. The highest BCUT2D eigenvalue weighted by Gasteiger charge is 2.19. The van der Waals surface area contributed by atoms with Crippen molar-refractivity contribution in [3.05, 3.63) is 16.3 Å². The van der Waals surface area contributed by atoms with E-state index in [2.05, 4.69) is 22.4 Å². The second kappa shape index (κ2) is 6.65. The Kier molecular flexibility index (Phi) is 4.90. The van der Waals surface area contributed by atoms with Gasteiger partial charge in [-0.2, -0.15) is 0 Å². The Balaban J connectivity index is 1.97. The van der Waals surface area contributed by atoms with Crippen molar-refractivity contribution >= 4 is 22.4 Å². The van der Waals surface area contributed by atoms with Gasteiger partial charge in [0.05, 0.1) is 12.2 Å². The van der Waals surface area contributed by atoms with Crippen LogP contribution in [0.2, 0.25) is 0 Å². The van der Waals surface area contributed by atoms with Gasteiger partial charge in [0.15, 0.2) is 0 Å². The molecule has 1 aromatic rings. The van der Waals surface area contributed by atoms with E-state index in [4.69, 9.17) is 4.74 Å². The molecule has 1 N–H and O–H groups in total. The number of carbonyl (C=O) groups is 1. The van der Waals surface area contributed by atoms with E-state index in [1.807, 2.05) is 6.92 Å². The first-order chi connectivity index (χ1) is 9.20. The summed E-state index contributed by atoms with van der Waals surface area (Å²) < 4.78 is 5.39. The summed E-state index contributed by atoms with van der Waals surface area (Å²) in [6.07, 6.45) is 4.80. The number of nitrogens with one attached hydrogen (secondary N) is 1. The second-order valence-electron chi connectivity index (χ2n) is 4.55. The maximum atomic E-state index is 12.1. The van der Waals surface area contributed by atoms with Crippen molar-refractivity contribution in [1.82, 2.24) is 10.2 Å². The van der Waals surface area contributed by atoms with Crippen molar-refractivity contribution in [2.24, 2.45) is 0 Å². The molecule has 0 saturated heterocycles. The van der Waals surface area contributed by atoms with E-state index in [0.717, 1.165) is 48.4 Å². The number of hydrogen-bond acceptors (Lipinski definition) is 5. The third kappa shape index (κ3) is 3.76. The first-order valence-electron chi connectivity index (χ1n) is 6.67. The topological polar surface area (TPSA) is 64.1 Å². The molecule has 0 radical (unpaired) electrons. The van der Waals surface area contributed by atoms with Gasteiger partial charge in [0.25, 0.3) is 5.91 Å². The van der Waals surface area contributed by atoms with Gasteiger partial charge in [-0.25, -0.2) is 0 Å². The standard InChI is InChI=1S/C13H19N3O2S/c1-3-4-7-11-15-16-13(19-11)14-12(17)10-6-5-8-18-9(10)2/h3-8H2,1-2H3,(H,14,16,17). The van der Waals surface area contributed by atoms with Crippen LogP contribution in [0.3, 0.4) is 0 Å². The molecule has 0 aromatic carbocycles. The average molecular weight is 281 g/mol. The minimum Gasteiger partial charge on any atom is -0.498 e. The lowest BCUT2D eigenvalue weighted by molar-refractivity contribution is -0.113. The summed E-state index contributed by atoms with van der Waals surface area (Å²) in [5.41, 5.74) is 0.719. The van der Waals surface area contributed by atoms with E-state index in [1.54, 1.807) is 0 Å². The van der Waals surface area contributed by atoms with Crippen LogP contribution < -0.4 is 5.32 Å². The number of nitrogens with zero attached hydrogens (tertiary/aromatic N) is 2. The molecule has 0 bridgehead atoms. The summed E-state index contributed by atoms with van der Waals surface area (Å²) in [6.45, 7) is 4.67. The van der Waals surface area contributed by atoms with Crippen molar-refractivity contribution in [3.63, 3.8) is 0 Å². The third-order valence-electron chi connectivity index (χ3n) is 3.02. The van der Waals surface area contributed by atoms with Crippen LogP contribution in [-0.2, 0) is 16.0 Å². The molecular weight excluding hydrogens is 262 g/mol. The molecule has 0 aliphatic carbocycles. The predicted octanol–water partition coefficient (Wildman–Crippen LogP) is 2.90. The Labute approximate surface area is 117 Å². The van der Waals surface area contributed by atoms with Crippen molar-refractivity contribution in [1.29, 1.82) is 0 Å². The van der Waals surface area contributed by atoms with E-state index in [9.17, 15) is 4.79 Å². The summed E-state index contributed by atoms with van der Waals surface area (Å²) in [5.74, 6) is 0.606. The zero-order valence-corrected chi connectivity index (χ0v) is 12.2. The number of ether oxygens (including phenoxy) is 1. The first-order valence-corrected chi connectivity index (χ1v) is 7.48. The number of allylic oxidation sites excluding steroid dienone is 1.